The second kappa shape index (κ2) is 16.0. The molecule has 50 heavy (non-hydrogen) atoms. The van der Waals surface area contributed by atoms with Crippen molar-refractivity contribution in [3.63, 3.8) is 0 Å². The normalized spacial score (nSPS) is 19.2. The fourth-order valence-corrected chi connectivity index (χ4v) is 7.17. The van der Waals surface area contributed by atoms with Crippen molar-refractivity contribution in [1.29, 1.82) is 0 Å². The molecule has 10 nitrogen and oxygen atoms in total. The first-order valence-electron chi connectivity index (χ1n) is 16.5. The van der Waals surface area contributed by atoms with Crippen molar-refractivity contribution in [1.82, 2.24) is 4.90 Å². The largest absolute Gasteiger partial charge is 0.496 e. The third-order valence-corrected chi connectivity index (χ3v) is 10.1. The molecule has 3 aliphatic heterocycles. The van der Waals surface area contributed by atoms with E-state index in [9.17, 15) is 9.59 Å². The fraction of sp³-hybridized carbons (Fsp3) is 0.342. The van der Waals surface area contributed by atoms with E-state index in [1.54, 1.807) is 69.1 Å². The molecular formula is C38H40Cl2N3O7+. The lowest BCUT2D eigenvalue weighted by molar-refractivity contribution is -0.377. The van der Waals surface area contributed by atoms with Gasteiger partial charge in [0.15, 0.2) is 29.9 Å². The van der Waals surface area contributed by atoms with Crippen LogP contribution in [0.15, 0.2) is 79.1 Å². The number of pyridine rings is 1. The van der Waals surface area contributed by atoms with Crippen LogP contribution in [0.25, 0.3) is 0 Å². The molecule has 0 amide bonds. The van der Waals surface area contributed by atoms with Crippen LogP contribution in [0.4, 0.5) is 5.69 Å². The van der Waals surface area contributed by atoms with Gasteiger partial charge in [0.2, 0.25) is 0 Å². The lowest BCUT2D eigenvalue weighted by atomic mass is 9.86. The number of rotatable bonds is 13. The molecule has 2 N–H and O–H groups in total. The van der Waals surface area contributed by atoms with Gasteiger partial charge in [-0.3, -0.25) is 4.90 Å². The highest BCUT2D eigenvalue weighted by Gasteiger charge is 2.38. The number of ether oxygens (including phenoxy) is 5. The van der Waals surface area contributed by atoms with E-state index in [0.717, 1.165) is 32.5 Å². The van der Waals surface area contributed by atoms with Crippen LogP contribution in [0.1, 0.15) is 52.0 Å². The molecule has 0 radical (unpaired) electrons. The van der Waals surface area contributed by atoms with Crippen LogP contribution in [0.5, 0.6) is 17.2 Å². The molecule has 2 bridgehead atoms. The zero-order valence-corrected chi connectivity index (χ0v) is 29.6. The number of fused-ring (bicyclic) bond motifs is 3. The van der Waals surface area contributed by atoms with Gasteiger partial charge < -0.3 is 29.0 Å². The number of carbonyl (C=O) groups excluding carboxylic acids is 2. The van der Waals surface area contributed by atoms with Crippen LogP contribution in [-0.2, 0) is 20.7 Å². The van der Waals surface area contributed by atoms with Gasteiger partial charge in [-0.05, 0) is 79.9 Å². The zero-order valence-electron chi connectivity index (χ0n) is 28.1. The number of methoxy groups -OCH3 is 3. The number of carbonyl (C=O) groups is 2. The highest BCUT2D eigenvalue weighted by molar-refractivity contribution is 6.35. The quantitative estimate of drug-likeness (QED) is 0.150. The molecule has 3 atom stereocenters. The summed E-state index contributed by atoms with van der Waals surface area (Å²) in [5, 5.41) is 4.14. The van der Waals surface area contributed by atoms with Gasteiger partial charge in [-0.1, -0.05) is 47.5 Å². The number of esters is 2. The summed E-state index contributed by atoms with van der Waals surface area (Å²) >= 11 is 13.0. The van der Waals surface area contributed by atoms with E-state index in [1.165, 1.54) is 7.11 Å². The summed E-state index contributed by atoms with van der Waals surface area (Å²) in [4.78, 5) is 32.7. The Morgan fingerprint density at radius 3 is 2.20 bits per heavy atom. The maximum absolute atomic E-state index is 13.8. The number of piperidine rings is 3. The summed E-state index contributed by atoms with van der Waals surface area (Å²) in [6.45, 7) is 2.84. The molecule has 0 aliphatic carbocycles. The van der Waals surface area contributed by atoms with Crippen LogP contribution in [0.2, 0.25) is 10.0 Å². The molecule has 0 saturated carbocycles. The Labute approximate surface area is 301 Å². The van der Waals surface area contributed by atoms with E-state index in [2.05, 4.69) is 15.2 Å². The maximum Gasteiger partial charge on any atom is 0.338 e. The number of hydrogen-bond donors (Lipinski definition) is 1. The summed E-state index contributed by atoms with van der Waals surface area (Å²) in [6, 6.07) is 18.6. The Hall–Kier alpha value is -4.51. The monoisotopic (exact) mass is 720 g/mol. The van der Waals surface area contributed by atoms with E-state index in [0.29, 0.717) is 61.2 Å². The molecule has 3 aromatic carbocycles. The highest BCUT2D eigenvalue weighted by atomic mass is 35.5. The first-order chi connectivity index (χ1) is 24.3. The molecule has 2 unspecified atom stereocenters. The van der Waals surface area contributed by atoms with Gasteiger partial charge in [-0.25, -0.2) is 14.6 Å². The van der Waals surface area contributed by atoms with Crippen LogP contribution in [0.3, 0.4) is 0 Å². The van der Waals surface area contributed by atoms with Crippen molar-refractivity contribution >= 4 is 40.8 Å². The number of H-pyrrole nitrogens is 1. The van der Waals surface area contributed by atoms with Crippen molar-refractivity contribution in [3.05, 3.63) is 111 Å². The van der Waals surface area contributed by atoms with Crippen molar-refractivity contribution in [2.45, 2.75) is 37.5 Å². The van der Waals surface area contributed by atoms with Crippen molar-refractivity contribution in [2.24, 2.45) is 5.92 Å². The Kier molecular flexibility index (Phi) is 11.3. The Morgan fingerprint density at radius 2 is 1.56 bits per heavy atom. The third kappa shape index (κ3) is 7.93. The minimum absolute atomic E-state index is 0.154. The number of nitrogens with one attached hydrogen (secondary N) is 2. The summed E-state index contributed by atoms with van der Waals surface area (Å²) in [7, 11) is 4.66. The van der Waals surface area contributed by atoms with Gasteiger partial charge >= 0.3 is 11.9 Å². The molecule has 0 spiro atoms. The molecule has 4 heterocycles. The predicted molar refractivity (Wildman–Crippen MR) is 189 cm³/mol. The molecule has 7 rings (SSSR count). The highest BCUT2D eigenvalue weighted by Crippen LogP contribution is 2.36. The molecular weight excluding hydrogens is 681 g/mol. The number of halogens is 2. The Bertz CT molecular complexity index is 1790. The van der Waals surface area contributed by atoms with Crippen LogP contribution in [-0.4, -0.2) is 63.9 Å². The lowest BCUT2D eigenvalue weighted by Gasteiger charge is -2.44. The van der Waals surface area contributed by atoms with Crippen molar-refractivity contribution in [2.75, 3.05) is 46.3 Å². The molecule has 1 aromatic heterocycles. The average molecular weight is 722 g/mol. The standard InChI is InChI=1S/C38H39Cl2N3O7/c1-46-31-7-5-4-6-27(31)36(38(45)50-35-22-43-16-14-23(35)15-17-43)42-26-11-8-24(9-12-26)37(44)49-33(19-28-29(39)20-41-21-30(28)40)25-10-13-32(47-2)34(18-25)48-3/h4-13,18,20-21,23,33,35-36,42H,14-17,19,22H2,1-3H3/p+1/t33?,35-,36?/m0/s1. The van der Waals surface area contributed by atoms with Gasteiger partial charge in [-0.15, -0.1) is 0 Å². The zero-order chi connectivity index (χ0) is 35.2. The van der Waals surface area contributed by atoms with Crippen molar-refractivity contribution < 1.29 is 38.3 Å². The Morgan fingerprint density at radius 1 is 0.880 bits per heavy atom. The van der Waals surface area contributed by atoms with E-state index >= 15 is 0 Å². The van der Waals surface area contributed by atoms with E-state index in [4.69, 9.17) is 46.9 Å². The van der Waals surface area contributed by atoms with Gasteiger partial charge in [0.1, 0.15) is 28.0 Å². The minimum Gasteiger partial charge on any atom is -0.496 e. The summed E-state index contributed by atoms with van der Waals surface area (Å²) in [6.07, 6.45) is 4.57. The number of aromatic nitrogens is 1. The van der Waals surface area contributed by atoms with Gasteiger partial charge in [0, 0.05) is 29.8 Å². The minimum atomic E-state index is -0.841. The second-order valence-electron chi connectivity index (χ2n) is 12.4. The van der Waals surface area contributed by atoms with E-state index in [-0.39, 0.29) is 18.5 Å². The fourth-order valence-electron chi connectivity index (χ4n) is 6.63. The number of hydrogen-bond acceptors (Lipinski definition) is 9. The summed E-state index contributed by atoms with van der Waals surface area (Å²) in [5.74, 6) is 1.00. The average Bonchev–Trinajstić information content (AvgIpc) is 3.15. The van der Waals surface area contributed by atoms with Crippen LogP contribution >= 0.6 is 23.2 Å². The number of nitrogens with zero attached hydrogens (tertiary/aromatic N) is 1. The number of anilines is 1. The third-order valence-electron chi connectivity index (χ3n) is 9.40. The van der Waals surface area contributed by atoms with Gasteiger partial charge in [0.05, 0.1) is 26.9 Å². The molecule has 3 fully saturated rings. The smallest absolute Gasteiger partial charge is 0.338 e. The Balaban J connectivity index is 1.22. The topological polar surface area (TPSA) is 110 Å². The molecule has 3 saturated heterocycles. The molecule has 4 aromatic rings. The summed E-state index contributed by atoms with van der Waals surface area (Å²) in [5.41, 5.74) is 2.85. The maximum atomic E-state index is 13.8. The molecule has 12 heteroatoms. The molecule has 262 valence electrons. The van der Waals surface area contributed by atoms with Crippen LogP contribution < -0.4 is 24.5 Å². The van der Waals surface area contributed by atoms with Crippen molar-refractivity contribution in [3.8, 4) is 17.2 Å². The lowest BCUT2D eigenvalue weighted by Crippen LogP contribution is -2.52. The SMILES string of the molecule is COc1ccc(C(Cc2c(Cl)c[nH+]cc2Cl)OC(=O)c2ccc(NC(C(=O)O[C@H]3CN4CCC3CC4)c3ccccc3OC)cc2)cc1OC. The van der Waals surface area contributed by atoms with E-state index in [1.807, 2.05) is 24.3 Å². The van der Waals surface area contributed by atoms with Gasteiger partial charge in [0.25, 0.3) is 0 Å². The number of aromatic amines is 1. The first-order valence-corrected chi connectivity index (χ1v) is 17.2. The number of para-hydroxylation sites is 1. The predicted octanol–water partition coefficient (Wildman–Crippen LogP) is 6.76. The number of benzene rings is 3. The summed E-state index contributed by atoms with van der Waals surface area (Å²) < 4.78 is 28.8. The van der Waals surface area contributed by atoms with Crippen LogP contribution in [0, 0.1) is 5.92 Å². The first kappa shape index (κ1) is 35.3. The van der Waals surface area contributed by atoms with E-state index < -0.39 is 18.1 Å². The molecule has 3 aliphatic rings. The second-order valence-corrected chi connectivity index (χ2v) is 13.2. The van der Waals surface area contributed by atoms with Gasteiger partial charge in [-0.2, -0.15) is 0 Å².